The molecule has 1 aliphatic rings. The van der Waals surface area contributed by atoms with Crippen molar-refractivity contribution < 1.29 is 13.9 Å². The number of carbonyl (C=O) groups excluding carboxylic acids is 1. The Labute approximate surface area is 162 Å². The summed E-state index contributed by atoms with van der Waals surface area (Å²) in [4.78, 5) is 13.4. The minimum Gasteiger partial charge on any atom is -0.488 e. The predicted octanol–water partition coefficient (Wildman–Crippen LogP) is 4.71. The molecule has 0 saturated carbocycles. The van der Waals surface area contributed by atoms with E-state index in [2.05, 4.69) is 48.0 Å². The molecule has 4 rings (SSSR count). The van der Waals surface area contributed by atoms with Crippen LogP contribution in [0.4, 0.5) is 0 Å². The summed E-state index contributed by atoms with van der Waals surface area (Å²) >= 11 is 1.74. The van der Waals surface area contributed by atoms with Crippen molar-refractivity contribution in [2.24, 2.45) is 0 Å². The highest BCUT2D eigenvalue weighted by atomic mass is 32.2. The van der Waals surface area contributed by atoms with Crippen molar-refractivity contribution in [1.82, 2.24) is 5.32 Å². The summed E-state index contributed by atoms with van der Waals surface area (Å²) in [6, 6.07) is 16.6. The first-order valence-electron chi connectivity index (χ1n) is 8.90. The van der Waals surface area contributed by atoms with E-state index in [1.165, 1.54) is 27.8 Å². The van der Waals surface area contributed by atoms with Gasteiger partial charge in [0.2, 0.25) is 0 Å². The Hall–Kier alpha value is -2.66. The van der Waals surface area contributed by atoms with Crippen molar-refractivity contribution in [3.63, 3.8) is 0 Å². The molecule has 1 amide bonds. The molecule has 0 spiro atoms. The average molecular weight is 379 g/mol. The lowest BCUT2D eigenvalue weighted by Crippen LogP contribution is -2.34. The Morgan fingerprint density at radius 3 is 2.63 bits per heavy atom. The second-order valence-electron chi connectivity index (χ2n) is 6.64. The number of benzene rings is 2. The highest BCUT2D eigenvalue weighted by molar-refractivity contribution is 7.98. The van der Waals surface area contributed by atoms with Gasteiger partial charge in [0.1, 0.15) is 11.9 Å². The summed E-state index contributed by atoms with van der Waals surface area (Å²) in [5.74, 6) is 1.06. The second-order valence-corrected chi connectivity index (χ2v) is 7.52. The van der Waals surface area contributed by atoms with Gasteiger partial charge in [0.05, 0.1) is 12.8 Å². The minimum absolute atomic E-state index is 0.0617. The number of amides is 1. The van der Waals surface area contributed by atoms with Crippen LogP contribution in [0.25, 0.3) is 11.1 Å². The fourth-order valence-electron chi connectivity index (χ4n) is 3.29. The van der Waals surface area contributed by atoms with E-state index >= 15 is 0 Å². The van der Waals surface area contributed by atoms with Gasteiger partial charge in [-0.3, -0.25) is 4.79 Å². The molecule has 2 aromatic carbocycles. The van der Waals surface area contributed by atoms with Gasteiger partial charge in [-0.1, -0.05) is 18.2 Å². The Bertz CT molecular complexity index is 962. The summed E-state index contributed by atoms with van der Waals surface area (Å²) in [7, 11) is 0. The normalized spacial score (nSPS) is 15.3. The van der Waals surface area contributed by atoms with E-state index in [1.54, 1.807) is 17.8 Å². The first-order valence-corrected chi connectivity index (χ1v) is 10.1. The molecule has 0 bridgehead atoms. The van der Waals surface area contributed by atoms with Gasteiger partial charge >= 0.3 is 0 Å². The van der Waals surface area contributed by atoms with Crippen LogP contribution in [0.2, 0.25) is 0 Å². The molecule has 1 N–H and O–H groups in total. The van der Waals surface area contributed by atoms with Crippen LogP contribution in [0, 0.1) is 6.92 Å². The lowest BCUT2D eigenvalue weighted by Gasteiger charge is -2.11. The van der Waals surface area contributed by atoms with Crippen LogP contribution in [-0.4, -0.2) is 24.8 Å². The van der Waals surface area contributed by atoms with Crippen LogP contribution in [-0.2, 0) is 6.42 Å². The number of rotatable bonds is 5. The standard InChI is InChI=1S/C22H21NO3S/c1-14-9-10-25-21(14)22(24)23-13-18-12-17-11-16(5-8-20(17)26-18)15-3-6-19(27-2)7-4-15/h3-11,18H,12-13H2,1-2H3,(H,23,24)/t18-/m0/s1. The number of furan rings is 1. The number of hydrogen-bond acceptors (Lipinski definition) is 4. The zero-order valence-corrected chi connectivity index (χ0v) is 16.1. The highest BCUT2D eigenvalue weighted by Gasteiger charge is 2.24. The Morgan fingerprint density at radius 2 is 1.93 bits per heavy atom. The molecule has 27 heavy (non-hydrogen) atoms. The lowest BCUT2D eigenvalue weighted by atomic mass is 10.0. The molecule has 0 unspecified atom stereocenters. The molecule has 1 atom stereocenters. The van der Waals surface area contributed by atoms with Crippen LogP contribution in [0.3, 0.4) is 0 Å². The van der Waals surface area contributed by atoms with Crippen LogP contribution >= 0.6 is 11.8 Å². The number of nitrogens with one attached hydrogen (secondary N) is 1. The van der Waals surface area contributed by atoms with Crippen molar-refractivity contribution >= 4 is 17.7 Å². The van der Waals surface area contributed by atoms with E-state index in [9.17, 15) is 4.79 Å². The average Bonchev–Trinajstić information content (AvgIpc) is 3.31. The topological polar surface area (TPSA) is 51.5 Å². The van der Waals surface area contributed by atoms with Crippen LogP contribution in [0.15, 0.2) is 64.1 Å². The van der Waals surface area contributed by atoms with Gasteiger partial charge in [0, 0.05) is 16.9 Å². The Kier molecular flexibility index (Phi) is 4.94. The molecule has 1 aliphatic heterocycles. The molecule has 0 fully saturated rings. The van der Waals surface area contributed by atoms with E-state index in [0.29, 0.717) is 12.3 Å². The van der Waals surface area contributed by atoms with Gasteiger partial charge in [-0.25, -0.2) is 0 Å². The number of fused-ring (bicyclic) bond motifs is 1. The number of carbonyl (C=O) groups is 1. The molecule has 2 heterocycles. The summed E-state index contributed by atoms with van der Waals surface area (Å²) in [5, 5.41) is 2.90. The van der Waals surface area contributed by atoms with Gasteiger partial charge in [-0.2, -0.15) is 0 Å². The second kappa shape index (κ2) is 7.53. The SMILES string of the molecule is CSc1ccc(-c2ccc3c(c2)C[C@@H](CNC(=O)c2occc2C)O3)cc1. The molecule has 0 aliphatic carbocycles. The summed E-state index contributed by atoms with van der Waals surface area (Å²) in [6.07, 6.45) is 4.32. The molecule has 0 saturated heterocycles. The minimum atomic E-state index is -0.202. The third-order valence-electron chi connectivity index (χ3n) is 4.78. The maximum absolute atomic E-state index is 12.2. The Morgan fingerprint density at radius 1 is 1.15 bits per heavy atom. The summed E-state index contributed by atoms with van der Waals surface area (Å²) < 4.78 is 11.2. The fourth-order valence-corrected chi connectivity index (χ4v) is 3.70. The van der Waals surface area contributed by atoms with E-state index in [0.717, 1.165) is 17.7 Å². The predicted molar refractivity (Wildman–Crippen MR) is 108 cm³/mol. The zero-order chi connectivity index (χ0) is 18.8. The number of hydrogen-bond donors (Lipinski definition) is 1. The van der Waals surface area contributed by atoms with Gasteiger partial charge in [0.15, 0.2) is 5.76 Å². The van der Waals surface area contributed by atoms with Crippen LogP contribution in [0.5, 0.6) is 5.75 Å². The largest absolute Gasteiger partial charge is 0.488 e. The van der Waals surface area contributed by atoms with E-state index in [-0.39, 0.29) is 12.0 Å². The van der Waals surface area contributed by atoms with Gasteiger partial charge in [-0.15, -0.1) is 11.8 Å². The Balaban J connectivity index is 1.41. The molecule has 138 valence electrons. The summed E-state index contributed by atoms with van der Waals surface area (Å²) in [6.45, 7) is 2.30. The van der Waals surface area contributed by atoms with Crippen molar-refractivity contribution in [3.8, 4) is 16.9 Å². The van der Waals surface area contributed by atoms with Gasteiger partial charge in [-0.05, 0) is 60.2 Å². The third kappa shape index (κ3) is 3.74. The van der Waals surface area contributed by atoms with Gasteiger partial charge < -0.3 is 14.5 Å². The molecule has 5 heteroatoms. The van der Waals surface area contributed by atoms with Crippen molar-refractivity contribution in [1.29, 1.82) is 0 Å². The van der Waals surface area contributed by atoms with Crippen molar-refractivity contribution in [3.05, 3.63) is 71.7 Å². The first kappa shape index (κ1) is 17.7. The quantitative estimate of drug-likeness (QED) is 0.652. The van der Waals surface area contributed by atoms with E-state index < -0.39 is 0 Å². The lowest BCUT2D eigenvalue weighted by molar-refractivity contribution is 0.0905. The van der Waals surface area contributed by atoms with Gasteiger partial charge in [0.25, 0.3) is 5.91 Å². The smallest absolute Gasteiger partial charge is 0.287 e. The van der Waals surface area contributed by atoms with Crippen LogP contribution < -0.4 is 10.1 Å². The highest BCUT2D eigenvalue weighted by Crippen LogP contribution is 2.33. The molecule has 1 aromatic heterocycles. The van der Waals surface area contributed by atoms with E-state index in [1.807, 2.05) is 13.0 Å². The third-order valence-corrected chi connectivity index (χ3v) is 5.53. The fraction of sp³-hybridized carbons (Fsp3) is 0.227. The van der Waals surface area contributed by atoms with Crippen LogP contribution in [0.1, 0.15) is 21.7 Å². The molecule has 0 radical (unpaired) electrons. The maximum Gasteiger partial charge on any atom is 0.287 e. The number of thioether (sulfide) groups is 1. The monoisotopic (exact) mass is 379 g/mol. The number of aryl methyl sites for hydroxylation is 1. The molecular formula is C22H21NO3S. The molecule has 4 nitrogen and oxygen atoms in total. The van der Waals surface area contributed by atoms with Crippen molar-refractivity contribution in [2.45, 2.75) is 24.3 Å². The summed E-state index contributed by atoms with van der Waals surface area (Å²) in [5.41, 5.74) is 4.39. The molecular weight excluding hydrogens is 358 g/mol. The zero-order valence-electron chi connectivity index (χ0n) is 15.3. The maximum atomic E-state index is 12.2. The first-order chi connectivity index (χ1) is 13.1. The van der Waals surface area contributed by atoms with E-state index in [4.69, 9.17) is 9.15 Å². The molecule has 3 aromatic rings. The van der Waals surface area contributed by atoms with Crippen molar-refractivity contribution in [2.75, 3.05) is 12.8 Å². The number of ether oxygens (including phenoxy) is 1.